The summed E-state index contributed by atoms with van der Waals surface area (Å²) in [4.78, 5) is 0. The van der Waals surface area contributed by atoms with Crippen LogP contribution in [0.2, 0.25) is 0 Å². The van der Waals surface area contributed by atoms with Gasteiger partial charge in [-0.15, -0.1) is 0 Å². The molecule has 3 heteroatoms. The van der Waals surface area contributed by atoms with Crippen LogP contribution in [-0.2, 0) is 6.42 Å². The average molecular weight is 264 g/mol. The number of hydrogen-bond donors (Lipinski definition) is 0. The lowest BCUT2D eigenvalue weighted by Gasteiger charge is -2.11. The van der Waals surface area contributed by atoms with Gasteiger partial charge in [0, 0.05) is 23.6 Å². The van der Waals surface area contributed by atoms with Crippen molar-refractivity contribution in [3.05, 3.63) is 41.5 Å². The van der Waals surface area contributed by atoms with E-state index in [0.717, 1.165) is 33.9 Å². The third-order valence-corrected chi connectivity index (χ3v) is 3.62. The van der Waals surface area contributed by atoms with Crippen LogP contribution >= 0.6 is 0 Å². The van der Waals surface area contributed by atoms with Crippen LogP contribution in [0, 0.1) is 11.8 Å². The van der Waals surface area contributed by atoms with Crippen LogP contribution in [-0.4, -0.2) is 13.9 Å². The second-order valence-corrected chi connectivity index (χ2v) is 4.75. The number of benzene rings is 2. The van der Waals surface area contributed by atoms with Crippen LogP contribution < -0.4 is 14.2 Å². The molecule has 0 N–H and O–H groups in total. The number of fused-ring (bicyclic) bond motifs is 4. The third-order valence-electron chi connectivity index (χ3n) is 3.62. The SMILES string of the molecule is COc1ccc2c(c1)CC#Cc1cc3c(cc1-2)OCO3. The Kier molecular flexibility index (Phi) is 2.37. The van der Waals surface area contributed by atoms with Crippen LogP contribution in [0.15, 0.2) is 30.3 Å². The fourth-order valence-corrected chi connectivity index (χ4v) is 2.61. The Labute approximate surface area is 117 Å². The van der Waals surface area contributed by atoms with Crippen molar-refractivity contribution < 1.29 is 14.2 Å². The van der Waals surface area contributed by atoms with Gasteiger partial charge in [0.25, 0.3) is 0 Å². The van der Waals surface area contributed by atoms with E-state index in [4.69, 9.17) is 14.2 Å². The molecule has 0 radical (unpaired) electrons. The Morgan fingerprint density at radius 3 is 2.75 bits per heavy atom. The molecule has 0 saturated carbocycles. The maximum atomic E-state index is 5.47. The minimum Gasteiger partial charge on any atom is -0.497 e. The van der Waals surface area contributed by atoms with Gasteiger partial charge in [0.1, 0.15) is 5.75 Å². The topological polar surface area (TPSA) is 27.7 Å². The molecule has 0 aromatic heterocycles. The predicted molar refractivity (Wildman–Crippen MR) is 75.1 cm³/mol. The van der Waals surface area contributed by atoms with E-state index in [1.54, 1.807) is 7.11 Å². The standard InChI is InChI=1S/C17H12O3/c1-18-13-5-6-14-11(7-13)3-2-4-12-8-16-17(9-15(12)14)20-10-19-16/h5-9H,3,10H2,1H3. The van der Waals surface area contributed by atoms with Crippen LogP contribution in [0.4, 0.5) is 0 Å². The normalized spacial score (nSPS) is 13.7. The molecule has 0 fully saturated rings. The monoisotopic (exact) mass is 264 g/mol. The number of ether oxygens (including phenoxy) is 3. The summed E-state index contributed by atoms with van der Waals surface area (Å²) in [5, 5.41) is 0. The minimum atomic E-state index is 0.279. The zero-order valence-electron chi connectivity index (χ0n) is 11.0. The Balaban J connectivity index is 1.95. The molecule has 3 nitrogen and oxygen atoms in total. The van der Waals surface area contributed by atoms with Crippen LogP contribution in [0.25, 0.3) is 11.1 Å². The summed E-state index contributed by atoms with van der Waals surface area (Å²) in [6, 6.07) is 10.1. The molecule has 0 amide bonds. The Hall–Kier alpha value is -2.60. The first kappa shape index (κ1) is 11.2. The quantitative estimate of drug-likeness (QED) is 0.741. The summed E-state index contributed by atoms with van der Waals surface area (Å²) in [5.41, 5.74) is 4.42. The Morgan fingerprint density at radius 1 is 1.05 bits per heavy atom. The van der Waals surface area contributed by atoms with Crippen molar-refractivity contribution in [3.63, 3.8) is 0 Å². The van der Waals surface area contributed by atoms with Gasteiger partial charge in [-0.05, 0) is 29.3 Å². The maximum Gasteiger partial charge on any atom is 0.231 e. The molecule has 1 heterocycles. The molecule has 98 valence electrons. The molecule has 2 aromatic rings. The van der Waals surface area contributed by atoms with Gasteiger partial charge in [0.05, 0.1) is 7.11 Å². The highest BCUT2D eigenvalue weighted by Crippen LogP contribution is 2.40. The van der Waals surface area contributed by atoms with E-state index in [0.29, 0.717) is 6.42 Å². The Morgan fingerprint density at radius 2 is 1.90 bits per heavy atom. The molecular weight excluding hydrogens is 252 g/mol. The van der Waals surface area contributed by atoms with Gasteiger partial charge in [-0.3, -0.25) is 0 Å². The lowest BCUT2D eigenvalue weighted by molar-refractivity contribution is 0.174. The Bertz CT molecular complexity index is 766. The molecule has 0 saturated heterocycles. The van der Waals surface area contributed by atoms with E-state index in [1.807, 2.05) is 24.3 Å². The van der Waals surface area contributed by atoms with Crippen molar-refractivity contribution in [2.24, 2.45) is 0 Å². The van der Waals surface area contributed by atoms with Gasteiger partial charge in [-0.25, -0.2) is 0 Å². The first-order valence-electron chi connectivity index (χ1n) is 6.45. The molecule has 0 atom stereocenters. The summed E-state index contributed by atoms with van der Waals surface area (Å²) in [7, 11) is 1.68. The van der Waals surface area contributed by atoms with E-state index < -0.39 is 0 Å². The van der Waals surface area contributed by atoms with E-state index in [1.165, 1.54) is 5.56 Å². The van der Waals surface area contributed by atoms with Gasteiger partial charge in [-0.1, -0.05) is 17.9 Å². The third kappa shape index (κ3) is 1.62. The highest BCUT2D eigenvalue weighted by Gasteiger charge is 2.20. The molecular formula is C17H12O3. The second-order valence-electron chi connectivity index (χ2n) is 4.75. The van der Waals surface area contributed by atoms with Gasteiger partial charge >= 0.3 is 0 Å². The van der Waals surface area contributed by atoms with Crippen molar-refractivity contribution in [2.75, 3.05) is 13.9 Å². The fraction of sp³-hybridized carbons (Fsp3) is 0.176. The lowest BCUT2D eigenvalue weighted by atomic mass is 9.95. The van der Waals surface area contributed by atoms with Crippen LogP contribution in [0.1, 0.15) is 11.1 Å². The van der Waals surface area contributed by atoms with E-state index in [-0.39, 0.29) is 6.79 Å². The van der Waals surface area contributed by atoms with Crippen molar-refractivity contribution in [1.82, 2.24) is 0 Å². The van der Waals surface area contributed by atoms with Crippen molar-refractivity contribution in [1.29, 1.82) is 0 Å². The molecule has 1 aliphatic heterocycles. The zero-order valence-corrected chi connectivity index (χ0v) is 11.0. The molecule has 0 spiro atoms. The molecule has 2 aromatic carbocycles. The zero-order chi connectivity index (χ0) is 13.5. The van der Waals surface area contributed by atoms with E-state index >= 15 is 0 Å². The molecule has 2 aliphatic rings. The molecule has 0 bridgehead atoms. The highest BCUT2D eigenvalue weighted by molar-refractivity contribution is 5.79. The summed E-state index contributed by atoms with van der Waals surface area (Å²) in [5.74, 6) is 8.83. The summed E-state index contributed by atoms with van der Waals surface area (Å²) < 4.78 is 16.2. The van der Waals surface area contributed by atoms with Crippen molar-refractivity contribution in [2.45, 2.75) is 6.42 Å². The summed E-state index contributed by atoms with van der Waals surface area (Å²) in [6.07, 6.45) is 0.716. The van der Waals surface area contributed by atoms with Gasteiger partial charge in [0.2, 0.25) is 6.79 Å². The highest BCUT2D eigenvalue weighted by atomic mass is 16.7. The van der Waals surface area contributed by atoms with Crippen LogP contribution in [0.3, 0.4) is 0 Å². The maximum absolute atomic E-state index is 5.47. The van der Waals surface area contributed by atoms with E-state index in [2.05, 4.69) is 17.9 Å². The predicted octanol–water partition coefficient (Wildman–Crippen LogP) is 3.00. The largest absolute Gasteiger partial charge is 0.497 e. The van der Waals surface area contributed by atoms with Crippen LogP contribution in [0.5, 0.6) is 17.2 Å². The van der Waals surface area contributed by atoms with Gasteiger partial charge in [-0.2, -0.15) is 0 Å². The van der Waals surface area contributed by atoms with Crippen molar-refractivity contribution >= 4 is 0 Å². The molecule has 20 heavy (non-hydrogen) atoms. The average Bonchev–Trinajstić information content (AvgIpc) is 2.86. The number of hydrogen-bond acceptors (Lipinski definition) is 3. The molecule has 0 unspecified atom stereocenters. The first-order chi connectivity index (χ1) is 9.85. The molecule has 1 aliphatic carbocycles. The minimum absolute atomic E-state index is 0.279. The van der Waals surface area contributed by atoms with Gasteiger partial charge in [0.15, 0.2) is 11.5 Å². The smallest absolute Gasteiger partial charge is 0.231 e. The number of rotatable bonds is 1. The fourth-order valence-electron chi connectivity index (χ4n) is 2.61. The molecule has 4 rings (SSSR count). The lowest BCUT2D eigenvalue weighted by Crippen LogP contribution is -1.93. The summed E-state index contributed by atoms with van der Waals surface area (Å²) >= 11 is 0. The summed E-state index contributed by atoms with van der Waals surface area (Å²) in [6.45, 7) is 0.279. The second kappa shape index (κ2) is 4.21. The number of methoxy groups -OCH3 is 1. The van der Waals surface area contributed by atoms with Gasteiger partial charge < -0.3 is 14.2 Å². The van der Waals surface area contributed by atoms with Crippen molar-refractivity contribution in [3.8, 4) is 40.2 Å². The van der Waals surface area contributed by atoms with E-state index in [9.17, 15) is 0 Å². The first-order valence-corrected chi connectivity index (χ1v) is 6.45.